The normalized spacial score (nSPS) is 16.1. The summed E-state index contributed by atoms with van der Waals surface area (Å²) in [5, 5.41) is 0. The smallest absolute Gasteiger partial charge is 0.131 e. The number of nitrogens with two attached hydrogens (primary N) is 1. The molecule has 100 valence electrons. The van der Waals surface area contributed by atoms with Gasteiger partial charge in [-0.2, -0.15) is 0 Å². The van der Waals surface area contributed by atoms with Crippen LogP contribution in [0.1, 0.15) is 38.7 Å². The zero-order valence-electron chi connectivity index (χ0n) is 11.0. The highest BCUT2D eigenvalue weighted by Crippen LogP contribution is 2.29. The van der Waals surface area contributed by atoms with E-state index in [2.05, 4.69) is 13.5 Å². The Balaban J connectivity index is 2.76. The van der Waals surface area contributed by atoms with Gasteiger partial charge in [-0.25, -0.2) is 8.78 Å². The molecule has 0 saturated carbocycles. The van der Waals surface area contributed by atoms with Crippen LogP contribution in [0, 0.1) is 17.6 Å². The molecule has 0 aliphatic heterocycles. The van der Waals surface area contributed by atoms with Crippen molar-refractivity contribution in [2.75, 3.05) is 0 Å². The summed E-state index contributed by atoms with van der Waals surface area (Å²) in [5.74, 6) is -0.750. The first-order valence-electron chi connectivity index (χ1n) is 6.24. The SMILES string of the molecule is C=CC(C)CCCC(C)(N)c1c(F)cccc1F. The summed E-state index contributed by atoms with van der Waals surface area (Å²) in [7, 11) is 0. The third-order valence-electron chi connectivity index (χ3n) is 3.29. The Labute approximate surface area is 108 Å². The van der Waals surface area contributed by atoms with E-state index in [-0.39, 0.29) is 5.56 Å². The summed E-state index contributed by atoms with van der Waals surface area (Å²) in [6.45, 7) is 7.44. The first-order chi connectivity index (χ1) is 8.38. The first kappa shape index (κ1) is 14.8. The second kappa shape index (κ2) is 6.10. The maximum atomic E-state index is 13.7. The zero-order chi connectivity index (χ0) is 13.8. The van der Waals surface area contributed by atoms with Crippen LogP contribution in [0.25, 0.3) is 0 Å². The summed E-state index contributed by atoms with van der Waals surface area (Å²) >= 11 is 0. The molecule has 0 fully saturated rings. The molecule has 3 heteroatoms. The molecule has 0 bridgehead atoms. The van der Waals surface area contributed by atoms with Gasteiger partial charge >= 0.3 is 0 Å². The van der Waals surface area contributed by atoms with Crippen molar-refractivity contribution in [2.45, 2.75) is 38.6 Å². The minimum atomic E-state index is -0.976. The molecule has 1 aromatic rings. The molecule has 1 nitrogen and oxygen atoms in total. The Hall–Kier alpha value is -1.22. The van der Waals surface area contributed by atoms with Crippen molar-refractivity contribution in [2.24, 2.45) is 11.7 Å². The number of hydrogen-bond acceptors (Lipinski definition) is 1. The molecule has 2 N–H and O–H groups in total. The lowest BCUT2D eigenvalue weighted by Gasteiger charge is -2.26. The second-order valence-corrected chi connectivity index (χ2v) is 5.12. The third-order valence-corrected chi connectivity index (χ3v) is 3.29. The molecule has 0 radical (unpaired) electrons. The summed E-state index contributed by atoms with van der Waals surface area (Å²) in [6, 6.07) is 3.84. The van der Waals surface area contributed by atoms with Gasteiger partial charge < -0.3 is 5.73 Å². The minimum absolute atomic E-state index is 0.0174. The predicted octanol–water partition coefficient (Wildman–Crippen LogP) is 4.13. The molecule has 0 aliphatic carbocycles. The van der Waals surface area contributed by atoms with Crippen molar-refractivity contribution in [3.8, 4) is 0 Å². The van der Waals surface area contributed by atoms with Gasteiger partial charge in [0.15, 0.2) is 0 Å². The molecule has 0 aliphatic rings. The van der Waals surface area contributed by atoms with Crippen molar-refractivity contribution < 1.29 is 8.78 Å². The largest absolute Gasteiger partial charge is 0.321 e. The fraction of sp³-hybridized carbons (Fsp3) is 0.467. The molecule has 0 spiro atoms. The zero-order valence-corrected chi connectivity index (χ0v) is 11.0. The van der Waals surface area contributed by atoms with E-state index in [1.807, 2.05) is 6.08 Å². The van der Waals surface area contributed by atoms with E-state index in [1.54, 1.807) is 6.92 Å². The number of rotatable bonds is 6. The fourth-order valence-electron chi connectivity index (χ4n) is 2.08. The molecule has 2 unspecified atom stereocenters. The number of benzene rings is 1. The highest BCUT2D eigenvalue weighted by molar-refractivity contribution is 5.26. The van der Waals surface area contributed by atoms with Gasteiger partial charge in [-0.1, -0.05) is 25.5 Å². The maximum Gasteiger partial charge on any atom is 0.131 e. The van der Waals surface area contributed by atoms with Crippen LogP contribution < -0.4 is 5.73 Å². The van der Waals surface area contributed by atoms with Gasteiger partial charge in [-0.05, 0) is 37.8 Å². The molecule has 0 amide bonds. The van der Waals surface area contributed by atoms with Crippen LogP contribution in [0.2, 0.25) is 0 Å². The van der Waals surface area contributed by atoms with E-state index in [0.29, 0.717) is 12.3 Å². The molecule has 0 saturated heterocycles. The average Bonchev–Trinajstić information content (AvgIpc) is 2.27. The van der Waals surface area contributed by atoms with E-state index < -0.39 is 17.2 Å². The van der Waals surface area contributed by atoms with Crippen molar-refractivity contribution in [1.29, 1.82) is 0 Å². The first-order valence-corrected chi connectivity index (χ1v) is 6.24. The van der Waals surface area contributed by atoms with Gasteiger partial charge in [0.05, 0.1) is 0 Å². The maximum absolute atomic E-state index is 13.7. The highest BCUT2D eigenvalue weighted by atomic mass is 19.1. The van der Waals surface area contributed by atoms with Gasteiger partial charge in [0, 0.05) is 11.1 Å². The lowest BCUT2D eigenvalue weighted by molar-refractivity contribution is 0.378. The quantitative estimate of drug-likeness (QED) is 0.758. The Morgan fingerprint density at radius 2 is 1.94 bits per heavy atom. The number of hydrogen-bond donors (Lipinski definition) is 1. The summed E-state index contributed by atoms with van der Waals surface area (Å²) in [4.78, 5) is 0. The van der Waals surface area contributed by atoms with Crippen molar-refractivity contribution >= 4 is 0 Å². The molecule has 0 aromatic heterocycles. The van der Waals surface area contributed by atoms with E-state index in [9.17, 15) is 8.78 Å². The average molecular weight is 253 g/mol. The minimum Gasteiger partial charge on any atom is -0.321 e. The Bertz CT molecular complexity index is 393. The molecule has 1 aromatic carbocycles. The lowest BCUT2D eigenvalue weighted by atomic mass is 9.86. The monoisotopic (exact) mass is 253 g/mol. The summed E-state index contributed by atoms with van der Waals surface area (Å²) in [6.07, 6.45) is 4.15. The molecule has 1 rings (SSSR count). The molecular weight excluding hydrogens is 232 g/mol. The van der Waals surface area contributed by atoms with Crippen molar-refractivity contribution in [3.05, 3.63) is 48.1 Å². The van der Waals surface area contributed by atoms with Crippen LogP contribution in [0.4, 0.5) is 8.78 Å². The second-order valence-electron chi connectivity index (χ2n) is 5.12. The van der Waals surface area contributed by atoms with Crippen molar-refractivity contribution in [3.63, 3.8) is 0 Å². The van der Waals surface area contributed by atoms with Gasteiger partial charge in [-0.3, -0.25) is 0 Å². The fourth-order valence-corrected chi connectivity index (χ4v) is 2.08. The molecular formula is C15H21F2N. The van der Waals surface area contributed by atoms with Crippen LogP contribution in [-0.4, -0.2) is 0 Å². The van der Waals surface area contributed by atoms with Gasteiger partial charge in [0.2, 0.25) is 0 Å². The van der Waals surface area contributed by atoms with E-state index in [4.69, 9.17) is 5.73 Å². The topological polar surface area (TPSA) is 26.0 Å². The molecule has 0 heterocycles. The number of halogens is 2. The van der Waals surface area contributed by atoms with Gasteiger partial charge in [-0.15, -0.1) is 6.58 Å². The summed E-state index contributed by atoms with van der Waals surface area (Å²) < 4.78 is 27.3. The summed E-state index contributed by atoms with van der Waals surface area (Å²) in [5.41, 5.74) is 5.07. The van der Waals surface area contributed by atoms with E-state index in [1.165, 1.54) is 18.2 Å². The Morgan fingerprint density at radius 1 is 1.39 bits per heavy atom. The molecule has 2 atom stereocenters. The lowest BCUT2D eigenvalue weighted by Crippen LogP contribution is -2.35. The third kappa shape index (κ3) is 3.64. The standard InChI is InChI=1S/C15H21F2N/c1-4-11(2)7-6-10-15(3,18)14-12(16)8-5-9-13(14)17/h4-5,8-9,11H,1,6-7,10,18H2,2-3H3. The van der Waals surface area contributed by atoms with Crippen molar-refractivity contribution in [1.82, 2.24) is 0 Å². The van der Waals surface area contributed by atoms with Crippen LogP contribution in [0.15, 0.2) is 30.9 Å². The highest BCUT2D eigenvalue weighted by Gasteiger charge is 2.27. The van der Waals surface area contributed by atoms with Crippen LogP contribution in [0.5, 0.6) is 0 Å². The molecule has 18 heavy (non-hydrogen) atoms. The van der Waals surface area contributed by atoms with E-state index >= 15 is 0 Å². The predicted molar refractivity (Wildman–Crippen MR) is 71.1 cm³/mol. The van der Waals surface area contributed by atoms with Gasteiger partial charge in [0.25, 0.3) is 0 Å². The van der Waals surface area contributed by atoms with Crippen LogP contribution >= 0.6 is 0 Å². The number of allylic oxidation sites excluding steroid dienone is 1. The van der Waals surface area contributed by atoms with Crippen LogP contribution in [0.3, 0.4) is 0 Å². The van der Waals surface area contributed by atoms with Gasteiger partial charge in [0.1, 0.15) is 11.6 Å². The van der Waals surface area contributed by atoms with Crippen LogP contribution in [-0.2, 0) is 5.54 Å². The Kier molecular flexibility index (Phi) is 5.03. The van der Waals surface area contributed by atoms with E-state index in [0.717, 1.165) is 12.8 Å². The Morgan fingerprint density at radius 3 is 2.44 bits per heavy atom.